The van der Waals surface area contributed by atoms with Crippen LogP contribution in [0.3, 0.4) is 0 Å². The van der Waals surface area contributed by atoms with Crippen LogP contribution in [0.1, 0.15) is 52.8 Å². The van der Waals surface area contributed by atoms with E-state index in [0.29, 0.717) is 36.7 Å². The van der Waals surface area contributed by atoms with Crippen LogP contribution >= 0.6 is 0 Å². The van der Waals surface area contributed by atoms with Crippen molar-refractivity contribution in [3.63, 3.8) is 0 Å². The Morgan fingerprint density at radius 1 is 1.10 bits per heavy atom. The maximum atomic E-state index is 12.7. The van der Waals surface area contributed by atoms with E-state index in [1.54, 1.807) is 43.0 Å². The Balaban J connectivity index is 1.25. The molecule has 30 heavy (non-hydrogen) atoms. The minimum Gasteiger partial charge on any atom is -0.375 e. The number of nitrogens with one attached hydrogen (secondary N) is 1. The zero-order valence-corrected chi connectivity index (χ0v) is 17.1. The van der Waals surface area contributed by atoms with Gasteiger partial charge in [-0.05, 0) is 62.3 Å². The number of aromatic nitrogens is 2. The molecule has 7 heteroatoms. The second-order valence-electron chi connectivity index (χ2n) is 8.20. The van der Waals surface area contributed by atoms with Crippen molar-refractivity contribution < 1.29 is 14.3 Å². The number of ether oxygens (including phenoxy) is 1. The Hall–Kier alpha value is -2.80. The number of likely N-dealkylation sites (tertiary alicyclic amines) is 1. The second-order valence-corrected chi connectivity index (χ2v) is 8.20. The molecule has 2 aliphatic rings. The number of pyridine rings is 2. The molecule has 0 aliphatic carbocycles. The highest BCUT2D eigenvalue weighted by atomic mass is 16.5. The van der Waals surface area contributed by atoms with E-state index in [9.17, 15) is 9.59 Å². The summed E-state index contributed by atoms with van der Waals surface area (Å²) in [5.74, 6) is 0.516. The third-order valence-electron chi connectivity index (χ3n) is 6.25. The van der Waals surface area contributed by atoms with E-state index >= 15 is 0 Å². The SMILES string of the molecule is O=C(NCCC1CCOC2(CCN(C(=O)c3cccnc3)CC2)C1)c1ccncc1. The number of piperidine rings is 1. The summed E-state index contributed by atoms with van der Waals surface area (Å²) in [5, 5.41) is 3.01. The highest BCUT2D eigenvalue weighted by Crippen LogP contribution is 2.38. The number of rotatable bonds is 5. The van der Waals surface area contributed by atoms with Crippen molar-refractivity contribution in [3.05, 3.63) is 60.2 Å². The molecule has 2 aliphatic heterocycles. The van der Waals surface area contributed by atoms with Crippen LogP contribution in [0.5, 0.6) is 0 Å². The van der Waals surface area contributed by atoms with E-state index in [4.69, 9.17) is 4.74 Å². The molecular weight excluding hydrogens is 380 g/mol. The van der Waals surface area contributed by atoms with E-state index in [1.165, 1.54) is 0 Å². The van der Waals surface area contributed by atoms with Gasteiger partial charge in [-0.1, -0.05) is 0 Å². The van der Waals surface area contributed by atoms with Gasteiger partial charge < -0.3 is 15.0 Å². The lowest BCUT2D eigenvalue weighted by atomic mass is 9.78. The molecule has 1 atom stereocenters. The van der Waals surface area contributed by atoms with Gasteiger partial charge in [0.15, 0.2) is 0 Å². The largest absolute Gasteiger partial charge is 0.375 e. The van der Waals surface area contributed by atoms with Crippen molar-refractivity contribution in [2.45, 2.75) is 37.7 Å². The molecule has 4 heterocycles. The quantitative estimate of drug-likeness (QED) is 0.822. The van der Waals surface area contributed by atoms with Crippen LogP contribution in [-0.2, 0) is 4.74 Å². The molecule has 158 valence electrons. The van der Waals surface area contributed by atoms with E-state index in [-0.39, 0.29) is 17.4 Å². The lowest BCUT2D eigenvalue weighted by Crippen LogP contribution is -2.51. The number of carbonyl (C=O) groups is 2. The van der Waals surface area contributed by atoms with Crippen molar-refractivity contribution in [1.29, 1.82) is 0 Å². The van der Waals surface area contributed by atoms with Crippen LogP contribution < -0.4 is 5.32 Å². The summed E-state index contributed by atoms with van der Waals surface area (Å²) in [6.45, 7) is 2.82. The van der Waals surface area contributed by atoms with Crippen molar-refractivity contribution in [3.8, 4) is 0 Å². The van der Waals surface area contributed by atoms with Crippen molar-refractivity contribution in [2.75, 3.05) is 26.2 Å². The average Bonchev–Trinajstić information content (AvgIpc) is 2.80. The Morgan fingerprint density at radius 2 is 1.90 bits per heavy atom. The molecule has 1 N–H and O–H groups in total. The Bertz CT molecular complexity index is 851. The van der Waals surface area contributed by atoms with Crippen LogP contribution in [0.2, 0.25) is 0 Å². The number of hydrogen-bond donors (Lipinski definition) is 1. The molecule has 7 nitrogen and oxygen atoms in total. The summed E-state index contributed by atoms with van der Waals surface area (Å²) >= 11 is 0. The van der Waals surface area contributed by atoms with E-state index in [0.717, 1.165) is 38.7 Å². The molecular formula is C23H28N4O3. The number of amides is 2. The van der Waals surface area contributed by atoms with Crippen LogP contribution in [0.15, 0.2) is 49.1 Å². The van der Waals surface area contributed by atoms with Gasteiger partial charge in [0.2, 0.25) is 0 Å². The van der Waals surface area contributed by atoms with Gasteiger partial charge in [-0.25, -0.2) is 0 Å². The zero-order chi connectivity index (χ0) is 20.8. The lowest BCUT2D eigenvalue weighted by Gasteiger charge is -2.46. The van der Waals surface area contributed by atoms with E-state index in [2.05, 4.69) is 15.3 Å². The van der Waals surface area contributed by atoms with E-state index in [1.807, 2.05) is 11.0 Å². The van der Waals surface area contributed by atoms with Gasteiger partial charge >= 0.3 is 0 Å². The fourth-order valence-corrected chi connectivity index (χ4v) is 4.51. The first-order chi connectivity index (χ1) is 14.7. The number of carbonyl (C=O) groups excluding carboxylic acids is 2. The van der Waals surface area contributed by atoms with Crippen LogP contribution in [0.4, 0.5) is 0 Å². The highest BCUT2D eigenvalue weighted by molar-refractivity contribution is 5.94. The van der Waals surface area contributed by atoms with Crippen molar-refractivity contribution >= 4 is 11.8 Å². The second kappa shape index (κ2) is 9.34. The first-order valence-electron chi connectivity index (χ1n) is 10.7. The molecule has 1 unspecified atom stereocenters. The van der Waals surface area contributed by atoms with Gasteiger partial charge in [0.05, 0.1) is 11.2 Å². The summed E-state index contributed by atoms with van der Waals surface area (Å²) in [6.07, 6.45) is 11.2. The Kier molecular flexibility index (Phi) is 6.38. The zero-order valence-electron chi connectivity index (χ0n) is 17.1. The Morgan fingerprint density at radius 3 is 2.63 bits per heavy atom. The summed E-state index contributed by atoms with van der Waals surface area (Å²) in [7, 11) is 0. The van der Waals surface area contributed by atoms with Crippen LogP contribution in [0, 0.1) is 5.92 Å². The third-order valence-corrected chi connectivity index (χ3v) is 6.25. The fourth-order valence-electron chi connectivity index (χ4n) is 4.51. The van der Waals surface area contributed by atoms with E-state index < -0.39 is 0 Å². The van der Waals surface area contributed by atoms with Gasteiger partial charge in [0.1, 0.15) is 0 Å². The molecule has 2 aromatic rings. The number of nitrogens with zero attached hydrogens (tertiary/aromatic N) is 3. The molecule has 0 radical (unpaired) electrons. The summed E-state index contributed by atoms with van der Waals surface area (Å²) in [4.78, 5) is 34.7. The van der Waals surface area contributed by atoms with Gasteiger partial charge in [0.25, 0.3) is 11.8 Å². The predicted octanol–water partition coefficient (Wildman–Crippen LogP) is 2.70. The van der Waals surface area contributed by atoms with Gasteiger partial charge in [-0.2, -0.15) is 0 Å². The molecule has 1 spiro atoms. The lowest BCUT2D eigenvalue weighted by molar-refractivity contribution is -0.124. The van der Waals surface area contributed by atoms with Gasteiger partial charge in [0, 0.05) is 56.6 Å². The molecule has 2 amide bonds. The molecule has 0 saturated carbocycles. The van der Waals surface area contributed by atoms with Crippen LogP contribution in [-0.4, -0.2) is 58.5 Å². The van der Waals surface area contributed by atoms with Gasteiger partial charge in [-0.15, -0.1) is 0 Å². The summed E-state index contributed by atoms with van der Waals surface area (Å²) < 4.78 is 6.22. The highest BCUT2D eigenvalue weighted by Gasteiger charge is 2.41. The number of hydrogen-bond acceptors (Lipinski definition) is 5. The first-order valence-corrected chi connectivity index (χ1v) is 10.7. The third kappa shape index (κ3) is 4.84. The molecule has 0 bridgehead atoms. The standard InChI is InChI=1S/C23H28N4O3/c28-21(19-4-10-24-11-5-19)26-12-3-18-6-15-30-23(16-18)7-13-27(14-8-23)22(29)20-2-1-9-25-17-20/h1-2,4-5,9-11,17-18H,3,6-8,12-16H2,(H,26,28). The van der Waals surface area contributed by atoms with Crippen molar-refractivity contribution in [1.82, 2.24) is 20.2 Å². The van der Waals surface area contributed by atoms with Crippen LogP contribution in [0.25, 0.3) is 0 Å². The monoisotopic (exact) mass is 408 g/mol. The fraction of sp³-hybridized carbons (Fsp3) is 0.478. The smallest absolute Gasteiger partial charge is 0.255 e. The van der Waals surface area contributed by atoms with Crippen molar-refractivity contribution in [2.24, 2.45) is 5.92 Å². The first kappa shape index (κ1) is 20.5. The summed E-state index contributed by atoms with van der Waals surface area (Å²) in [5.41, 5.74) is 1.14. The normalized spacial score (nSPS) is 20.7. The molecule has 2 fully saturated rings. The minimum absolute atomic E-state index is 0.0455. The average molecular weight is 409 g/mol. The summed E-state index contributed by atoms with van der Waals surface area (Å²) in [6, 6.07) is 7.05. The molecule has 2 aromatic heterocycles. The Labute approximate surface area is 176 Å². The molecule has 0 aromatic carbocycles. The molecule has 4 rings (SSSR count). The maximum absolute atomic E-state index is 12.7. The topological polar surface area (TPSA) is 84.4 Å². The minimum atomic E-state index is -0.135. The molecule has 2 saturated heterocycles. The maximum Gasteiger partial charge on any atom is 0.255 e. The van der Waals surface area contributed by atoms with Gasteiger partial charge in [-0.3, -0.25) is 19.6 Å². The predicted molar refractivity (Wildman–Crippen MR) is 112 cm³/mol.